The topological polar surface area (TPSA) is 50.4 Å². The molecule has 0 aliphatic rings. The van der Waals surface area contributed by atoms with Gasteiger partial charge < -0.3 is 4.74 Å². The molecular formula is C20H23BrN2O2. The number of hydrazine groups is 1. The van der Waals surface area contributed by atoms with E-state index in [1.165, 1.54) is 5.56 Å². The molecule has 132 valence electrons. The van der Waals surface area contributed by atoms with E-state index >= 15 is 0 Å². The van der Waals surface area contributed by atoms with Crippen molar-refractivity contribution in [2.24, 2.45) is 0 Å². The second kappa shape index (κ2) is 8.72. The van der Waals surface area contributed by atoms with Crippen molar-refractivity contribution in [3.05, 3.63) is 70.2 Å². The van der Waals surface area contributed by atoms with Crippen molar-refractivity contribution in [2.75, 3.05) is 6.61 Å². The van der Waals surface area contributed by atoms with Gasteiger partial charge in [0, 0.05) is 10.0 Å². The lowest BCUT2D eigenvalue weighted by Crippen LogP contribution is -2.39. The van der Waals surface area contributed by atoms with Gasteiger partial charge in [0.05, 0.1) is 5.70 Å². The first-order valence-corrected chi connectivity index (χ1v) is 8.89. The van der Waals surface area contributed by atoms with Crippen molar-refractivity contribution < 1.29 is 9.53 Å². The van der Waals surface area contributed by atoms with Crippen LogP contribution >= 0.6 is 15.9 Å². The molecule has 0 radical (unpaired) electrons. The zero-order valence-electron chi connectivity index (χ0n) is 14.7. The monoisotopic (exact) mass is 402 g/mol. The third-order valence-corrected chi connectivity index (χ3v) is 4.39. The van der Waals surface area contributed by atoms with Crippen LogP contribution in [0.2, 0.25) is 0 Å². The smallest absolute Gasteiger partial charge is 0.276 e. The van der Waals surface area contributed by atoms with Crippen LogP contribution in [0.15, 0.2) is 53.5 Å². The maximum Gasteiger partial charge on any atom is 0.276 e. The Morgan fingerprint density at radius 3 is 2.60 bits per heavy atom. The van der Waals surface area contributed by atoms with Crippen molar-refractivity contribution in [1.82, 2.24) is 10.9 Å². The first-order chi connectivity index (χ1) is 11.9. The predicted octanol–water partition coefficient (Wildman–Crippen LogP) is 4.55. The van der Waals surface area contributed by atoms with E-state index in [0.717, 1.165) is 21.3 Å². The number of hydrogen-bond acceptors (Lipinski definition) is 3. The minimum atomic E-state index is -0.275. The zero-order valence-corrected chi connectivity index (χ0v) is 16.3. The molecule has 0 atom stereocenters. The van der Waals surface area contributed by atoms with Gasteiger partial charge in [-0.05, 0) is 30.5 Å². The molecule has 0 bridgehead atoms. The van der Waals surface area contributed by atoms with Crippen LogP contribution in [0.3, 0.4) is 0 Å². The van der Waals surface area contributed by atoms with E-state index in [4.69, 9.17) is 4.74 Å². The molecule has 25 heavy (non-hydrogen) atoms. The molecule has 0 heterocycles. The molecule has 0 saturated heterocycles. The van der Waals surface area contributed by atoms with Crippen LogP contribution in [0.1, 0.15) is 36.5 Å². The Labute approximate surface area is 157 Å². The number of ether oxygens (including phenoxy) is 1. The van der Waals surface area contributed by atoms with Crippen LogP contribution < -0.4 is 15.6 Å². The fraction of sp³-hybridized carbons (Fsp3) is 0.250. The second-order valence-corrected chi connectivity index (χ2v) is 6.97. The summed E-state index contributed by atoms with van der Waals surface area (Å²) in [5.41, 5.74) is 9.17. The highest BCUT2D eigenvalue weighted by molar-refractivity contribution is 9.10. The van der Waals surface area contributed by atoms with Crippen LogP contribution in [-0.2, 0) is 4.79 Å². The molecule has 2 aromatic carbocycles. The highest BCUT2D eigenvalue weighted by Crippen LogP contribution is 2.27. The fourth-order valence-corrected chi connectivity index (χ4v) is 2.87. The highest BCUT2D eigenvalue weighted by atomic mass is 79.9. The Balaban J connectivity index is 1.89. The van der Waals surface area contributed by atoms with E-state index in [9.17, 15) is 4.79 Å². The summed E-state index contributed by atoms with van der Waals surface area (Å²) in [4.78, 5) is 12.0. The van der Waals surface area contributed by atoms with Gasteiger partial charge in [0.25, 0.3) is 5.91 Å². The van der Waals surface area contributed by atoms with Gasteiger partial charge in [-0.2, -0.15) is 0 Å². The normalized spacial score (nSPS) is 10.4. The summed E-state index contributed by atoms with van der Waals surface area (Å²) in [7, 11) is 0. The number of carbonyl (C=O) groups is 1. The fourth-order valence-electron chi connectivity index (χ4n) is 2.35. The van der Waals surface area contributed by atoms with Crippen LogP contribution in [0, 0.1) is 6.92 Å². The zero-order chi connectivity index (χ0) is 18.4. The Hall–Kier alpha value is -2.27. The lowest BCUT2D eigenvalue weighted by atomic mass is 10.00. The van der Waals surface area contributed by atoms with Gasteiger partial charge in [-0.15, -0.1) is 0 Å². The second-order valence-electron chi connectivity index (χ2n) is 6.12. The van der Waals surface area contributed by atoms with Crippen molar-refractivity contribution in [3.63, 3.8) is 0 Å². The maximum absolute atomic E-state index is 12.0. The van der Waals surface area contributed by atoms with Crippen molar-refractivity contribution in [3.8, 4) is 5.75 Å². The molecule has 2 aromatic rings. The molecule has 4 nitrogen and oxygen atoms in total. The molecule has 2 rings (SSSR count). The van der Waals surface area contributed by atoms with Gasteiger partial charge in [-0.3, -0.25) is 15.6 Å². The number of amides is 1. The number of rotatable bonds is 7. The summed E-state index contributed by atoms with van der Waals surface area (Å²) in [6, 6.07) is 13.6. The van der Waals surface area contributed by atoms with Gasteiger partial charge in [0.15, 0.2) is 6.61 Å². The molecule has 5 heteroatoms. The standard InChI is InChI=1S/C20H23BrN2O2/c1-13(2)17-11-14(3)9-10-19(17)25-12-20(24)23-22-15(4)16-7-5-6-8-18(16)21/h5-11,13,22H,4,12H2,1-3H3,(H,23,24). The number of carbonyl (C=O) groups excluding carboxylic acids is 1. The van der Waals surface area contributed by atoms with Crippen LogP contribution in [-0.4, -0.2) is 12.5 Å². The maximum atomic E-state index is 12.0. The van der Waals surface area contributed by atoms with Crippen molar-refractivity contribution >= 4 is 27.5 Å². The summed E-state index contributed by atoms with van der Waals surface area (Å²) >= 11 is 3.45. The molecule has 0 aliphatic heterocycles. The SMILES string of the molecule is C=C(NNC(=O)COc1ccc(C)cc1C(C)C)c1ccccc1Br. The Morgan fingerprint density at radius 1 is 1.20 bits per heavy atom. The van der Waals surface area contributed by atoms with Gasteiger partial charge >= 0.3 is 0 Å². The van der Waals surface area contributed by atoms with Crippen LogP contribution in [0.25, 0.3) is 5.70 Å². The number of hydrogen-bond donors (Lipinski definition) is 2. The summed E-state index contributed by atoms with van der Waals surface area (Å²) < 4.78 is 6.59. The van der Waals surface area contributed by atoms with Crippen molar-refractivity contribution in [2.45, 2.75) is 26.7 Å². The molecule has 0 fully saturated rings. The summed E-state index contributed by atoms with van der Waals surface area (Å²) in [5, 5.41) is 0. The number of aryl methyl sites for hydroxylation is 1. The average molecular weight is 403 g/mol. The summed E-state index contributed by atoms with van der Waals surface area (Å²) in [6.45, 7) is 10.1. The summed E-state index contributed by atoms with van der Waals surface area (Å²) in [5.74, 6) is 0.787. The first kappa shape index (κ1) is 19.1. The van der Waals surface area contributed by atoms with E-state index in [-0.39, 0.29) is 12.5 Å². The minimum absolute atomic E-state index is 0.0704. The molecule has 0 unspecified atom stereocenters. The third kappa shape index (κ3) is 5.36. The number of halogens is 1. The van der Waals surface area contributed by atoms with Crippen LogP contribution in [0.4, 0.5) is 0 Å². The average Bonchev–Trinajstić information content (AvgIpc) is 2.58. The third-order valence-electron chi connectivity index (χ3n) is 3.70. The first-order valence-electron chi connectivity index (χ1n) is 8.10. The molecule has 2 N–H and O–H groups in total. The number of nitrogens with one attached hydrogen (secondary N) is 2. The van der Waals surface area contributed by atoms with E-state index in [1.54, 1.807) is 0 Å². The lowest BCUT2D eigenvalue weighted by molar-refractivity contribution is -0.123. The Kier molecular flexibility index (Phi) is 6.65. The van der Waals surface area contributed by atoms with Crippen molar-refractivity contribution in [1.29, 1.82) is 0 Å². The molecule has 1 amide bonds. The molecule has 0 spiro atoms. The van der Waals surface area contributed by atoms with E-state index < -0.39 is 0 Å². The highest BCUT2D eigenvalue weighted by Gasteiger charge is 2.11. The van der Waals surface area contributed by atoms with Gasteiger partial charge in [-0.25, -0.2) is 0 Å². The Morgan fingerprint density at radius 2 is 1.92 bits per heavy atom. The number of benzene rings is 2. The molecule has 0 saturated carbocycles. The largest absolute Gasteiger partial charge is 0.483 e. The summed E-state index contributed by atoms with van der Waals surface area (Å²) in [6.07, 6.45) is 0. The molecule has 0 aromatic heterocycles. The van der Waals surface area contributed by atoms with E-state index in [0.29, 0.717) is 11.6 Å². The van der Waals surface area contributed by atoms with Gasteiger partial charge in [0.1, 0.15) is 5.75 Å². The molecule has 0 aliphatic carbocycles. The minimum Gasteiger partial charge on any atom is -0.483 e. The predicted molar refractivity (Wildman–Crippen MR) is 105 cm³/mol. The van der Waals surface area contributed by atoms with Gasteiger partial charge in [-0.1, -0.05) is 72.3 Å². The van der Waals surface area contributed by atoms with E-state index in [1.807, 2.05) is 43.3 Å². The molecular weight excluding hydrogens is 380 g/mol. The quantitative estimate of drug-likeness (QED) is 0.667. The van der Waals surface area contributed by atoms with E-state index in [2.05, 4.69) is 53.3 Å². The van der Waals surface area contributed by atoms with Crippen LogP contribution in [0.5, 0.6) is 5.75 Å². The van der Waals surface area contributed by atoms with Gasteiger partial charge in [0.2, 0.25) is 0 Å². The Bertz CT molecular complexity index is 772. The lowest BCUT2D eigenvalue weighted by Gasteiger charge is -2.16.